The van der Waals surface area contributed by atoms with E-state index >= 15 is 0 Å². The van der Waals surface area contributed by atoms with E-state index in [0.717, 1.165) is 0 Å². The van der Waals surface area contributed by atoms with Gasteiger partial charge in [-0.25, -0.2) is 4.79 Å². The molecule has 0 radical (unpaired) electrons. The molecule has 0 aromatic carbocycles. The number of aliphatic carboxylic acids is 1. The fourth-order valence-electron chi connectivity index (χ4n) is 2.03. The molecule has 15 heavy (non-hydrogen) atoms. The SMILES string of the molecule is O=C(O)C(O)CN1C2COCC1COC2. The lowest BCUT2D eigenvalue weighted by Gasteiger charge is -2.45. The number of fused-ring (bicyclic) bond motifs is 2. The number of aliphatic hydroxyl groups is 1. The summed E-state index contributed by atoms with van der Waals surface area (Å²) < 4.78 is 10.7. The van der Waals surface area contributed by atoms with Gasteiger partial charge in [-0.05, 0) is 0 Å². The summed E-state index contributed by atoms with van der Waals surface area (Å²) in [6.45, 7) is 2.33. The van der Waals surface area contributed by atoms with Crippen molar-refractivity contribution in [3.8, 4) is 0 Å². The Bertz CT molecular complexity index is 225. The predicted octanol–water partition coefficient (Wildman–Crippen LogP) is -1.47. The number of rotatable bonds is 3. The summed E-state index contributed by atoms with van der Waals surface area (Å²) in [5.41, 5.74) is 0. The average molecular weight is 217 g/mol. The van der Waals surface area contributed by atoms with Crippen molar-refractivity contribution in [2.75, 3.05) is 33.0 Å². The van der Waals surface area contributed by atoms with E-state index in [9.17, 15) is 9.90 Å². The highest BCUT2D eigenvalue weighted by Gasteiger charge is 2.37. The third-order valence-electron chi connectivity index (χ3n) is 2.85. The van der Waals surface area contributed by atoms with Gasteiger partial charge in [0.05, 0.1) is 38.5 Å². The normalized spacial score (nSPS) is 33.7. The minimum absolute atomic E-state index is 0.0755. The van der Waals surface area contributed by atoms with Gasteiger partial charge in [0.2, 0.25) is 0 Å². The van der Waals surface area contributed by atoms with Gasteiger partial charge in [0.15, 0.2) is 6.10 Å². The molecule has 2 saturated heterocycles. The molecule has 6 nitrogen and oxygen atoms in total. The largest absolute Gasteiger partial charge is 0.479 e. The van der Waals surface area contributed by atoms with Gasteiger partial charge in [0.25, 0.3) is 0 Å². The Morgan fingerprint density at radius 1 is 1.27 bits per heavy atom. The van der Waals surface area contributed by atoms with Gasteiger partial charge in [0, 0.05) is 6.54 Å². The number of carboxylic acids is 1. The third-order valence-corrected chi connectivity index (χ3v) is 2.85. The molecular weight excluding hydrogens is 202 g/mol. The van der Waals surface area contributed by atoms with Crippen LogP contribution in [0.15, 0.2) is 0 Å². The van der Waals surface area contributed by atoms with Crippen LogP contribution in [0.25, 0.3) is 0 Å². The maximum atomic E-state index is 10.6. The number of ether oxygens (including phenoxy) is 2. The lowest BCUT2D eigenvalue weighted by Crippen LogP contribution is -2.61. The number of carboxylic acid groups (broad SMARTS) is 1. The molecule has 2 aliphatic rings. The second-order valence-corrected chi connectivity index (χ2v) is 3.93. The van der Waals surface area contributed by atoms with Crippen LogP contribution in [0.3, 0.4) is 0 Å². The molecule has 2 aliphatic heterocycles. The molecule has 0 aromatic rings. The molecule has 1 unspecified atom stereocenters. The molecule has 2 bridgehead atoms. The fourth-order valence-corrected chi connectivity index (χ4v) is 2.03. The van der Waals surface area contributed by atoms with Crippen LogP contribution >= 0.6 is 0 Å². The van der Waals surface area contributed by atoms with E-state index in [4.69, 9.17) is 14.6 Å². The van der Waals surface area contributed by atoms with Crippen molar-refractivity contribution in [2.24, 2.45) is 0 Å². The van der Waals surface area contributed by atoms with E-state index in [0.29, 0.717) is 26.4 Å². The Kier molecular flexibility index (Phi) is 3.20. The number of nitrogens with zero attached hydrogens (tertiary/aromatic N) is 1. The highest BCUT2D eigenvalue weighted by molar-refractivity contribution is 5.72. The molecule has 2 fully saturated rings. The van der Waals surface area contributed by atoms with Gasteiger partial charge in [-0.1, -0.05) is 0 Å². The van der Waals surface area contributed by atoms with Crippen molar-refractivity contribution in [1.29, 1.82) is 0 Å². The van der Waals surface area contributed by atoms with Gasteiger partial charge in [-0.2, -0.15) is 0 Å². The highest BCUT2D eigenvalue weighted by atomic mass is 16.5. The van der Waals surface area contributed by atoms with E-state index in [1.165, 1.54) is 0 Å². The van der Waals surface area contributed by atoms with Crippen LogP contribution in [0.4, 0.5) is 0 Å². The van der Waals surface area contributed by atoms with Crippen molar-refractivity contribution in [1.82, 2.24) is 4.90 Å². The first kappa shape index (κ1) is 10.8. The molecule has 0 amide bonds. The van der Waals surface area contributed by atoms with Crippen LogP contribution in [0, 0.1) is 0 Å². The van der Waals surface area contributed by atoms with Gasteiger partial charge in [0.1, 0.15) is 0 Å². The molecule has 0 saturated carbocycles. The molecule has 1 atom stereocenters. The Morgan fingerprint density at radius 3 is 2.13 bits per heavy atom. The summed E-state index contributed by atoms with van der Waals surface area (Å²) in [6.07, 6.45) is -1.33. The maximum absolute atomic E-state index is 10.6. The fraction of sp³-hybridized carbons (Fsp3) is 0.889. The Morgan fingerprint density at radius 2 is 1.73 bits per heavy atom. The minimum Gasteiger partial charge on any atom is -0.479 e. The van der Waals surface area contributed by atoms with Crippen LogP contribution in [0.5, 0.6) is 0 Å². The smallest absolute Gasteiger partial charge is 0.333 e. The number of aliphatic hydroxyl groups excluding tert-OH is 1. The van der Waals surface area contributed by atoms with Crippen LogP contribution in [-0.2, 0) is 14.3 Å². The summed E-state index contributed by atoms with van der Waals surface area (Å²) in [4.78, 5) is 12.5. The zero-order chi connectivity index (χ0) is 10.8. The summed E-state index contributed by atoms with van der Waals surface area (Å²) in [7, 11) is 0. The van der Waals surface area contributed by atoms with E-state index in [2.05, 4.69) is 0 Å². The van der Waals surface area contributed by atoms with E-state index in [1.54, 1.807) is 0 Å². The van der Waals surface area contributed by atoms with Crippen LogP contribution < -0.4 is 0 Å². The van der Waals surface area contributed by atoms with Crippen molar-refractivity contribution in [2.45, 2.75) is 18.2 Å². The highest BCUT2D eigenvalue weighted by Crippen LogP contribution is 2.19. The molecule has 2 N–H and O–H groups in total. The van der Waals surface area contributed by atoms with Crippen molar-refractivity contribution >= 4 is 5.97 Å². The van der Waals surface area contributed by atoms with E-state index in [1.807, 2.05) is 4.90 Å². The first-order chi connectivity index (χ1) is 7.18. The zero-order valence-corrected chi connectivity index (χ0v) is 8.33. The molecule has 2 heterocycles. The number of hydrogen-bond donors (Lipinski definition) is 2. The second-order valence-electron chi connectivity index (χ2n) is 3.93. The Balaban J connectivity index is 1.97. The molecule has 0 aliphatic carbocycles. The van der Waals surface area contributed by atoms with Crippen LogP contribution in [-0.4, -0.2) is 72.2 Å². The van der Waals surface area contributed by atoms with Crippen LogP contribution in [0.1, 0.15) is 0 Å². The van der Waals surface area contributed by atoms with Gasteiger partial charge in [-0.3, -0.25) is 4.90 Å². The Hall–Kier alpha value is -0.690. The standard InChI is InChI=1S/C9H15NO5/c11-8(9(12)13)1-10-6-2-14-4-7(10)5-15-3-6/h6-8,11H,1-5H2,(H,12,13). The molecule has 2 rings (SSSR count). The first-order valence-corrected chi connectivity index (χ1v) is 5.00. The van der Waals surface area contributed by atoms with Crippen LogP contribution in [0.2, 0.25) is 0 Å². The average Bonchev–Trinajstić information content (AvgIpc) is 2.16. The quantitative estimate of drug-likeness (QED) is 0.601. The third kappa shape index (κ3) is 2.28. The Labute approximate surface area is 87.4 Å². The first-order valence-electron chi connectivity index (χ1n) is 5.00. The topological polar surface area (TPSA) is 79.2 Å². The van der Waals surface area contributed by atoms with E-state index in [-0.39, 0.29) is 18.6 Å². The summed E-state index contributed by atoms with van der Waals surface area (Å²) in [5.74, 6) is -1.18. The molecule has 0 spiro atoms. The zero-order valence-electron chi connectivity index (χ0n) is 8.33. The molecule has 6 heteroatoms. The lowest BCUT2D eigenvalue weighted by atomic mass is 10.1. The molecular formula is C9H15NO5. The van der Waals surface area contributed by atoms with Crippen molar-refractivity contribution in [3.05, 3.63) is 0 Å². The molecule has 86 valence electrons. The number of morpholine rings is 2. The van der Waals surface area contributed by atoms with Gasteiger partial charge >= 0.3 is 5.97 Å². The number of carbonyl (C=O) groups is 1. The minimum atomic E-state index is -1.33. The van der Waals surface area contributed by atoms with Gasteiger partial charge < -0.3 is 19.7 Å². The van der Waals surface area contributed by atoms with E-state index < -0.39 is 12.1 Å². The van der Waals surface area contributed by atoms with Crippen molar-refractivity contribution < 1.29 is 24.5 Å². The number of hydrogen-bond acceptors (Lipinski definition) is 5. The second kappa shape index (κ2) is 4.44. The van der Waals surface area contributed by atoms with Gasteiger partial charge in [-0.15, -0.1) is 0 Å². The summed E-state index contributed by atoms with van der Waals surface area (Å²) in [5, 5.41) is 17.9. The van der Waals surface area contributed by atoms with Crippen molar-refractivity contribution in [3.63, 3.8) is 0 Å². The summed E-state index contributed by atoms with van der Waals surface area (Å²) >= 11 is 0. The summed E-state index contributed by atoms with van der Waals surface area (Å²) in [6, 6.07) is 0.151. The lowest BCUT2D eigenvalue weighted by molar-refractivity contribution is -0.161. The maximum Gasteiger partial charge on any atom is 0.333 e. The monoisotopic (exact) mass is 217 g/mol. The predicted molar refractivity (Wildman–Crippen MR) is 49.6 cm³/mol. The molecule has 0 aromatic heterocycles.